The van der Waals surface area contributed by atoms with Gasteiger partial charge in [-0.1, -0.05) is 13.8 Å². The van der Waals surface area contributed by atoms with E-state index in [9.17, 15) is 0 Å². The van der Waals surface area contributed by atoms with Crippen LogP contribution in [-0.4, -0.2) is 21.5 Å². The van der Waals surface area contributed by atoms with Crippen LogP contribution in [0.5, 0.6) is 0 Å². The van der Waals surface area contributed by atoms with Crippen LogP contribution in [0.4, 0.5) is 17.8 Å². The standard InChI is InChI=1S/C7H14N6/c1-4(2)3-10-7-12-5(8)11-6(9)13-7/h4H,3H2,1-2H3,(H5,8,9,10,11,12,13). The maximum absolute atomic E-state index is 5.38. The van der Waals surface area contributed by atoms with Gasteiger partial charge in [-0.25, -0.2) is 0 Å². The van der Waals surface area contributed by atoms with E-state index in [0.717, 1.165) is 6.54 Å². The lowest BCUT2D eigenvalue weighted by Crippen LogP contribution is -2.13. The van der Waals surface area contributed by atoms with Crippen LogP contribution < -0.4 is 16.8 Å². The molecule has 0 saturated carbocycles. The van der Waals surface area contributed by atoms with Gasteiger partial charge in [-0.3, -0.25) is 0 Å². The molecule has 1 aromatic rings. The SMILES string of the molecule is CC(C)CNc1nc(N)nc(N)n1. The van der Waals surface area contributed by atoms with Gasteiger partial charge in [0.15, 0.2) is 0 Å². The van der Waals surface area contributed by atoms with Crippen molar-refractivity contribution < 1.29 is 0 Å². The van der Waals surface area contributed by atoms with Crippen LogP contribution in [0.3, 0.4) is 0 Å². The lowest BCUT2D eigenvalue weighted by atomic mass is 10.2. The smallest absolute Gasteiger partial charge is 0.229 e. The number of nitrogen functional groups attached to an aromatic ring is 2. The molecule has 0 atom stereocenters. The monoisotopic (exact) mass is 182 g/mol. The van der Waals surface area contributed by atoms with Crippen molar-refractivity contribution in [1.29, 1.82) is 0 Å². The van der Waals surface area contributed by atoms with Gasteiger partial charge in [-0.2, -0.15) is 15.0 Å². The first-order chi connectivity index (χ1) is 6.08. The van der Waals surface area contributed by atoms with E-state index >= 15 is 0 Å². The number of nitrogens with zero attached hydrogens (tertiary/aromatic N) is 3. The van der Waals surface area contributed by atoms with E-state index in [1.54, 1.807) is 0 Å². The predicted octanol–water partition coefficient (Wildman–Crippen LogP) is 0.104. The largest absolute Gasteiger partial charge is 0.368 e. The Bertz CT molecular complexity index is 264. The van der Waals surface area contributed by atoms with E-state index in [4.69, 9.17) is 11.5 Å². The summed E-state index contributed by atoms with van der Waals surface area (Å²) in [6.07, 6.45) is 0. The fourth-order valence-corrected chi connectivity index (χ4v) is 0.784. The molecule has 0 unspecified atom stereocenters. The number of rotatable bonds is 3. The van der Waals surface area contributed by atoms with E-state index in [1.807, 2.05) is 0 Å². The molecule has 6 nitrogen and oxygen atoms in total. The number of hydrogen-bond acceptors (Lipinski definition) is 6. The Balaban J connectivity index is 2.66. The molecule has 0 aromatic carbocycles. The molecular weight excluding hydrogens is 168 g/mol. The average molecular weight is 182 g/mol. The van der Waals surface area contributed by atoms with Crippen molar-refractivity contribution in [3.05, 3.63) is 0 Å². The van der Waals surface area contributed by atoms with Gasteiger partial charge in [0.05, 0.1) is 0 Å². The van der Waals surface area contributed by atoms with Gasteiger partial charge >= 0.3 is 0 Å². The Morgan fingerprint density at radius 1 is 1.15 bits per heavy atom. The van der Waals surface area contributed by atoms with E-state index in [2.05, 4.69) is 34.1 Å². The molecule has 0 fully saturated rings. The van der Waals surface area contributed by atoms with Crippen LogP contribution in [0.1, 0.15) is 13.8 Å². The van der Waals surface area contributed by atoms with Gasteiger partial charge in [-0.15, -0.1) is 0 Å². The molecule has 0 bridgehead atoms. The molecule has 0 saturated heterocycles. The Labute approximate surface area is 76.8 Å². The van der Waals surface area contributed by atoms with E-state index in [-0.39, 0.29) is 11.9 Å². The molecule has 1 rings (SSSR count). The van der Waals surface area contributed by atoms with Crippen molar-refractivity contribution in [3.63, 3.8) is 0 Å². The summed E-state index contributed by atoms with van der Waals surface area (Å²) >= 11 is 0. The summed E-state index contributed by atoms with van der Waals surface area (Å²) in [4.78, 5) is 11.4. The Hall–Kier alpha value is -1.59. The first-order valence-corrected chi connectivity index (χ1v) is 4.09. The molecule has 1 heterocycles. The van der Waals surface area contributed by atoms with Gasteiger partial charge in [0.2, 0.25) is 17.8 Å². The summed E-state index contributed by atoms with van der Waals surface area (Å²) in [6, 6.07) is 0. The van der Waals surface area contributed by atoms with Crippen LogP contribution in [-0.2, 0) is 0 Å². The molecule has 13 heavy (non-hydrogen) atoms. The minimum absolute atomic E-state index is 0.138. The maximum atomic E-state index is 5.38. The number of anilines is 3. The summed E-state index contributed by atoms with van der Waals surface area (Å²) < 4.78 is 0. The predicted molar refractivity (Wildman–Crippen MR) is 52.0 cm³/mol. The highest BCUT2D eigenvalue weighted by Crippen LogP contribution is 2.04. The maximum Gasteiger partial charge on any atom is 0.229 e. The van der Waals surface area contributed by atoms with Gasteiger partial charge in [0, 0.05) is 6.54 Å². The Kier molecular flexibility index (Phi) is 2.84. The topological polar surface area (TPSA) is 103 Å². The van der Waals surface area contributed by atoms with Crippen molar-refractivity contribution in [1.82, 2.24) is 15.0 Å². The highest BCUT2D eigenvalue weighted by atomic mass is 15.2. The van der Waals surface area contributed by atoms with Gasteiger partial charge in [-0.05, 0) is 5.92 Å². The summed E-state index contributed by atoms with van der Waals surface area (Å²) in [5.41, 5.74) is 10.8. The van der Waals surface area contributed by atoms with Crippen LogP contribution in [0.25, 0.3) is 0 Å². The normalized spacial score (nSPS) is 10.4. The third-order valence-corrected chi connectivity index (χ3v) is 1.34. The second-order valence-electron chi connectivity index (χ2n) is 3.15. The second kappa shape index (κ2) is 3.88. The number of nitrogens with two attached hydrogens (primary N) is 2. The molecule has 0 aliphatic rings. The van der Waals surface area contributed by atoms with Crippen molar-refractivity contribution in [3.8, 4) is 0 Å². The minimum Gasteiger partial charge on any atom is -0.368 e. The summed E-state index contributed by atoms with van der Waals surface area (Å²) in [5, 5.41) is 3.00. The number of hydrogen-bond donors (Lipinski definition) is 3. The zero-order valence-electron chi connectivity index (χ0n) is 7.78. The number of nitrogens with one attached hydrogen (secondary N) is 1. The van der Waals surface area contributed by atoms with Crippen LogP contribution in [0, 0.1) is 5.92 Å². The molecule has 0 spiro atoms. The van der Waals surface area contributed by atoms with E-state index < -0.39 is 0 Å². The second-order valence-corrected chi connectivity index (χ2v) is 3.15. The van der Waals surface area contributed by atoms with E-state index in [1.165, 1.54) is 0 Å². The first-order valence-electron chi connectivity index (χ1n) is 4.09. The third-order valence-electron chi connectivity index (χ3n) is 1.34. The molecule has 0 radical (unpaired) electrons. The third kappa shape index (κ3) is 3.10. The average Bonchev–Trinajstić information content (AvgIpc) is 1.99. The quantitative estimate of drug-likeness (QED) is 0.612. The molecule has 0 aliphatic heterocycles. The molecule has 1 aromatic heterocycles. The highest BCUT2D eigenvalue weighted by Gasteiger charge is 2.01. The Morgan fingerprint density at radius 2 is 1.69 bits per heavy atom. The highest BCUT2D eigenvalue weighted by molar-refractivity contribution is 5.36. The number of aromatic nitrogens is 3. The van der Waals surface area contributed by atoms with Crippen molar-refractivity contribution >= 4 is 17.8 Å². The zero-order chi connectivity index (χ0) is 9.84. The van der Waals surface area contributed by atoms with Crippen LogP contribution in [0.15, 0.2) is 0 Å². The van der Waals surface area contributed by atoms with Crippen molar-refractivity contribution in [2.45, 2.75) is 13.8 Å². The van der Waals surface area contributed by atoms with Crippen LogP contribution >= 0.6 is 0 Å². The summed E-state index contributed by atoms with van der Waals surface area (Å²) in [5.74, 6) is 1.22. The fraction of sp³-hybridized carbons (Fsp3) is 0.571. The van der Waals surface area contributed by atoms with Gasteiger partial charge < -0.3 is 16.8 Å². The lowest BCUT2D eigenvalue weighted by Gasteiger charge is -2.07. The molecule has 0 aliphatic carbocycles. The molecule has 0 amide bonds. The fourth-order valence-electron chi connectivity index (χ4n) is 0.784. The Morgan fingerprint density at radius 3 is 2.15 bits per heavy atom. The molecule has 72 valence electrons. The van der Waals surface area contributed by atoms with Gasteiger partial charge in [0.1, 0.15) is 0 Å². The van der Waals surface area contributed by atoms with Crippen molar-refractivity contribution in [2.24, 2.45) is 5.92 Å². The minimum atomic E-state index is 0.138. The summed E-state index contributed by atoms with van der Waals surface area (Å²) in [6.45, 7) is 4.95. The van der Waals surface area contributed by atoms with Crippen LogP contribution in [0.2, 0.25) is 0 Å². The molecular formula is C7H14N6. The first kappa shape index (κ1) is 9.50. The van der Waals surface area contributed by atoms with Crippen molar-refractivity contribution in [2.75, 3.05) is 23.3 Å². The lowest BCUT2D eigenvalue weighted by molar-refractivity contribution is 0.684. The van der Waals surface area contributed by atoms with E-state index in [0.29, 0.717) is 11.9 Å². The molecule has 6 heteroatoms. The summed E-state index contributed by atoms with van der Waals surface area (Å²) in [7, 11) is 0. The van der Waals surface area contributed by atoms with Gasteiger partial charge in [0.25, 0.3) is 0 Å². The zero-order valence-corrected chi connectivity index (χ0v) is 7.78. The molecule has 5 N–H and O–H groups in total.